The van der Waals surface area contributed by atoms with E-state index in [-0.39, 0.29) is 41.7 Å². The van der Waals surface area contributed by atoms with Gasteiger partial charge >= 0.3 is 0 Å². The molecular formula is C25H32IN5O2. The summed E-state index contributed by atoms with van der Waals surface area (Å²) >= 11 is 0. The number of halogens is 1. The van der Waals surface area contributed by atoms with Gasteiger partial charge in [0.15, 0.2) is 5.96 Å². The van der Waals surface area contributed by atoms with Crippen molar-refractivity contribution in [3.8, 4) is 0 Å². The molecule has 0 bridgehead atoms. The third kappa shape index (κ3) is 6.46. The molecule has 0 saturated carbocycles. The van der Waals surface area contributed by atoms with Crippen molar-refractivity contribution in [3.63, 3.8) is 0 Å². The van der Waals surface area contributed by atoms with Crippen LogP contribution in [0.2, 0.25) is 0 Å². The zero-order valence-electron chi connectivity index (χ0n) is 19.0. The van der Waals surface area contributed by atoms with Gasteiger partial charge in [0.05, 0.1) is 6.54 Å². The maximum atomic E-state index is 12.1. The molecule has 0 aromatic heterocycles. The normalized spacial score (nSPS) is 17.8. The molecule has 7 nitrogen and oxygen atoms in total. The van der Waals surface area contributed by atoms with Crippen LogP contribution < -0.4 is 16.0 Å². The zero-order chi connectivity index (χ0) is 22.3. The number of aliphatic imine (C=N–C) groups is 1. The van der Waals surface area contributed by atoms with Gasteiger partial charge in [-0.2, -0.15) is 0 Å². The van der Waals surface area contributed by atoms with E-state index in [2.05, 4.69) is 34.1 Å². The lowest BCUT2D eigenvalue weighted by Crippen LogP contribution is -2.40. The Morgan fingerprint density at radius 1 is 1.09 bits per heavy atom. The first kappa shape index (κ1) is 25.0. The van der Waals surface area contributed by atoms with Crippen molar-refractivity contribution >= 4 is 47.4 Å². The van der Waals surface area contributed by atoms with Gasteiger partial charge in [0.2, 0.25) is 11.8 Å². The monoisotopic (exact) mass is 561 g/mol. The molecule has 0 radical (unpaired) electrons. The van der Waals surface area contributed by atoms with Crippen molar-refractivity contribution in [1.29, 1.82) is 0 Å². The highest BCUT2D eigenvalue weighted by atomic mass is 127. The van der Waals surface area contributed by atoms with Gasteiger partial charge in [-0.15, -0.1) is 24.0 Å². The van der Waals surface area contributed by atoms with Crippen LogP contribution in [-0.2, 0) is 22.7 Å². The largest absolute Gasteiger partial charge is 0.357 e. The minimum atomic E-state index is 0. The fraction of sp³-hybridized carbons (Fsp3) is 0.400. The Labute approximate surface area is 212 Å². The molecule has 1 atom stereocenters. The summed E-state index contributed by atoms with van der Waals surface area (Å²) in [4.78, 5) is 30.9. The SMILES string of the molecule is CCNC(=NCc1ccccc1CN1CCCC1=O)NCC1CC(=O)Nc2ccccc21.I. The Morgan fingerprint density at radius 2 is 1.85 bits per heavy atom. The molecule has 33 heavy (non-hydrogen) atoms. The van der Waals surface area contributed by atoms with E-state index < -0.39 is 0 Å². The summed E-state index contributed by atoms with van der Waals surface area (Å²) in [6, 6.07) is 16.1. The molecule has 1 unspecified atom stereocenters. The standard InChI is InChI=1S/C25H31N5O2.HI/c1-2-26-25(28-16-20-14-23(31)29-22-11-6-5-10-21(20)22)27-15-18-8-3-4-9-19(18)17-30-13-7-12-24(30)32;/h3-6,8-11,20H,2,7,12-17H2,1H3,(H,29,31)(H2,26,27,28);1H. The van der Waals surface area contributed by atoms with Crippen molar-refractivity contribution in [2.45, 2.75) is 45.2 Å². The number of rotatable bonds is 7. The van der Waals surface area contributed by atoms with Crippen LogP contribution in [0.3, 0.4) is 0 Å². The van der Waals surface area contributed by atoms with E-state index in [1.54, 1.807) is 0 Å². The van der Waals surface area contributed by atoms with E-state index in [4.69, 9.17) is 4.99 Å². The van der Waals surface area contributed by atoms with Gasteiger partial charge in [0.1, 0.15) is 0 Å². The lowest BCUT2D eigenvalue weighted by Gasteiger charge is -2.26. The van der Waals surface area contributed by atoms with Crippen LogP contribution in [0.4, 0.5) is 5.69 Å². The maximum Gasteiger partial charge on any atom is 0.225 e. The molecule has 0 spiro atoms. The first-order valence-corrected chi connectivity index (χ1v) is 11.4. The molecule has 2 aromatic carbocycles. The lowest BCUT2D eigenvalue weighted by atomic mass is 9.90. The van der Waals surface area contributed by atoms with Crippen molar-refractivity contribution < 1.29 is 9.59 Å². The van der Waals surface area contributed by atoms with E-state index >= 15 is 0 Å². The smallest absolute Gasteiger partial charge is 0.225 e. The number of fused-ring (bicyclic) bond motifs is 1. The van der Waals surface area contributed by atoms with Crippen molar-refractivity contribution in [3.05, 3.63) is 65.2 Å². The van der Waals surface area contributed by atoms with Crippen LogP contribution in [-0.4, -0.2) is 42.3 Å². The first-order chi connectivity index (χ1) is 15.6. The van der Waals surface area contributed by atoms with Gasteiger partial charge in [-0.1, -0.05) is 42.5 Å². The van der Waals surface area contributed by atoms with Crippen LogP contribution >= 0.6 is 24.0 Å². The maximum absolute atomic E-state index is 12.1. The highest BCUT2D eigenvalue weighted by Gasteiger charge is 2.25. The van der Waals surface area contributed by atoms with Crippen LogP contribution in [0.15, 0.2) is 53.5 Å². The number of nitrogens with one attached hydrogen (secondary N) is 3. The molecule has 176 valence electrons. The van der Waals surface area contributed by atoms with Gasteiger partial charge in [-0.25, -0.2) is 4.99 Å². The second-order valence-electron chi connectivity index (χ2n) is 8.30. The fourth-order valence-electron chi connectivity index (χ4n) is 4.35. The molecule has 2 aliphatic heterocycles. The number of likely N-dealkylation sites (tertiary alicyclic amines) is 1. The summed E-state index contributed by atoms with van der Waals surface area (Å²) in [5, 5.41) is 9.66. The molecule has 2 heterocycles. The second kappa shape index (κ2) is 12.0. The predicted octanol–water partition coefficient (Wildman–Crippen LogP) is 3.61. The highest BCUT2D eigenvalue weighted by molar-refractivity contribution is 14.0. The second-order valence-corrected chi connectivity index (χ2v) is 8.30. The summed E-state index contributed by atoms with van der Waals surface area (Å²) in [5.41, 5.74) is 4.30. The van der Waals surface area contributed by atoms with Crippen LogP contribution in [0, 0.1) is 0 Å². The van der Waals surface area contributed by atoms with E-state index in [1.807, 2.05) is 42.2 Å². The molecule has 1 saturated heterocycles. The third-order valence-electron chi connectivity index (χ3n) is 6.03. The molecule has 8 heteroatoms. The predicted molar refractivity (Wildman–Crippen MR) is 142 cm³/mol. The number of guanidine groups is 1. The quantitative estimate of drug-likeness (QED) is 0.274. The zero-order valence-corrected chi connectivity index (χ0v) is 21.3. The van der Waals surface area contributed by atoms with Crippen LogP contribution in [0.5, 0.6) is 0 Å². The van der Waals surface area contributed by atoms with Crippen LogP contribution in [0.25, 0.3) is 0 Å². The minimum Gasteiger partial charge on any atom is -0.357 e. The number of hydrogen-bond acceptors (Lipinski definition) is 3. The van der Waals surface area contributed by atoms with E-state index in [1.165, 1.54) is 0 Å². The topological polar surface area (TPSA) is 85.8 Å². The molecule has 4 rings (SSSR count). The number of carbonyl (C=O) groups is 2. The Bertz CT molecular complexity index is 1010. The minimum absolute atomic E-state index is 0. The Kier molecular flexibility index (Phi) is 9.11. The van der Waals surface area contributed by atoms with Crippen molar-refractivity contribution in [2.75, 3.05) is 25.0 Å². The summed E-state index contributed by atoms with van der Waals surface area (Å²) in [6.45, 7) is 5.40. The number of carbonyl (C=O) groups excluding carboxylic acids is 2. The van der Waals surface area contributed by atoms with Crippen LogP contribution in [0.1, 0.15) is 48.8 Å². The van der Waals surface area contributed by atoms with Crippen molar-refractivity contribution in [2.24, 2.45) is 4.99 Å². The number of amides is 2. The third-order valence-corrected chi connectivity index (χ3v) is 6.03. The summed E-state index contributed by atoms with van der Waals surface area (Å²) in [5.74, 6) is 1.10. The van der Waals surface area contributed by atoms with Gasteiger partial charge in [0, 0.05) is 50.6 Å². The first-order valence-electron chi connectivity index (χ1n) is 11.4. The van der Waals surface area contributed by atoms with E-state index in [9.17, 15) is 9.59 Å². The molecule has 2 aliphatic rings. The molecule has 1 fully saturated rings. The molecule has 3 N–H and O–H groups in total. The van der Waals surface area contributed by atoms with E-state index in [0.717, 1.165) is 47.8 Å². The highest BCUT2D eigenvalue weighted by Crippen LogP contribution is 2.31. The van der Waals surface area contributed by atoms with Gasteiger partial charge in [0.25, 0.3) is 0 Å². The summed E-state index contributed by atoms with van der Waals surface area (Å²) in [7, 11) is 0. The van der Waals surface area contributed by atoms with Gasteiger partial charge in [-0.3, -0.25) is 9.59 Å². The summed E-state index contributed by atoms with van der Waals surface area (Å²) in [6.07, 6.45) is 2.04. The Hall–Kier alpha value is -2.62. The number of para-hydroxylation sites is 1. The molecule has 0 aliphatic carbocycles. The lowest BCUT2D eigenvalue weighted by molar-refractivity contribution is -0.128. The number of hydrogen-bond donors (Lipinski definition) is 3. The summed E-state index contributed by atoms with van der Waals surface area (Å²) < 4.78 is 0. The molecule has 2 amide bonds. The van der Waals surface area contributed by atoms with E-state index in [0.29, 0.717) is 32.5 Å². The molecular weight excluding hydrogens is 529 g/mol. The average molecular weight is 561 g/mol. The molecule has 2 aromatic rings. The van der Waals surface area contributed by atoms with Gasteiger partial charge < -0.3 is 20.9 Å². The Morgan fingerprint density at radius 3 is 2.61 bits per heavy atom. The van der Waals surface area contributed by atoms with Gasteiger partial charge in [-0.05, 0) is 36.1 Å². The fourth-order valence-corrected chi connectivity index (χ4v) is 4.35. The number of anilines is 1. The van der Waals surface area contributed by atoms with Crippen molar-refractivity contribution in [1.82, 2.24) is 15.5 Å². The number of benzene rings is 2. The number of nitrogens with zero attached hydrogens (tertiary/aromatic N) is 2. The average Bonchev–Trinajstić information content (AvgIpc) is 3.20. The Balaban J connectivity index is 0.00000306.